The van der Waals surface area contributed by atoms with E-state index in [1.165, 1.54) is 17.8 Å². The average molecular weight is 388 g/mol. The highest BCUT2D eigenvalue weighted by Crippen LogP contribution is 2.24. The predicted octanol–water partition coefficient (Wildman–Crippen LogP) is 3.57. The fraction of sp³-hybridized carbons (Fsp3) is 0.263. The maximum Gasteiger partial charge on any atom is 0.339 e. The third kappa shape index (κ3) is 6.10. The molecule has 0 fully saturated rings. The molecule has 7 nitrogen and oxygen atoms in total. The van der Waals surface area contributed by atoms with Crippen LogP contribution in [-0.2, 0) is 16.1 Å². The van der Waals surface area contributed by atoms with Gasteiger partial charge in [0.1, 0.15) is 6.61 Å². The molecule has 0 saturated carbocycles. The normalized spacial score (nSPS) is 10.5. The Balaban J connectivity index is 2.05. The second-order valence-electron chi connectivity index (χ2n) is 5.97. The first kappa shape index (κ1) is 20.4. The van der Waals surface area contributed by atoms with Gasteiger partial charge in [0, 0.05) is 17.0 Å². The monoisotopic (exact) mass is 388 g/mol. The van der Waals surface area contributed by atoms with E-state index in [0.717, 1.165) is 0 Å². The van der Waals surface area contributed by atoms with Crippen LogP contribution < -0.4 is 5.32 Å². The zero-order valence-corrected chi connectivity index (χ0v) is 15.8. The molecule has 2 rings (SSSR count). The number of rotatable bonds is 8. The molecule has 1 amide bonds. The highest BCUT2D eigenvalue weighted by atomic mass is 32.2. The maximum atomic E-state index is 12.4. The lowest BCUT2D eigenvalue weighted by Crippen LogP contribution is -2.31. The Morgan fingerprint density at radius 2 is 1.81 bits per heavy atom. The molecule has 0 heterocycles. The van der Waals surface area contributed by atoms with Gasteiger partial charge >= 0.3 is 5.97 Å². The van der Waals surface area contributed by atoms with Gasteiger partial charge in [-0.05, 0) is 32.0 Å². The Bertz CT molecular complexity index is 838. The summed E-state index contributed by atoms with van der Waals surface area (Å²) in [6, 6.07) is 12.9. The van der Waals surface area contributed by atoms with E-state index in [1.807, 2.05) is 13.8 Å². The SMILES string of the molecule is CC(C)NC(=O)CSc1ccccc1C(=O)OCc1ccccc1[N+](=O)[O-]. The number of carbonyl (C=O) groups excluding carboxylic acids is 2. The molecule has 0 aliphatic carbocycles. The van der Waals surface area contributed by atoms with Gasteiger partial charge in [-0.3, -0.25) is 14.9 Å². The average Bonchev–Trinajstić information content (AvgIpc) is 2.64. The summed E-state index contributed by atoms with van der Waals surface area (Å²) in [5.41, 5.74) is 0.536. The minimum absolute atomic E-state index is 0.0416. The van der Waals surface area contributed by atoms with Crippen LogP contribution in [0.25, 0.3) is 0 Å². The quantitative estimate of drug-likeness (QED) is 0.321. The van der Waals surface area contributed by atoms with Crippen molar-refractivity contribution in [1.29, 1.82) is 0 Å². The third-order valence-corrected chi connectivity index (χ3v) is 4.54. The van der Waals surface area contributed by atoms with Gasteiger partial charge in [0.05, 0.1) is 21.8 Å². The van der Waals surface area contributed by atoms with Gasteiger partial charge in [-0.2, -0.15) is 0 Å². The van der Waals surface area contributed by atoms with Gasteiger partial charge in [0.25, 0.3) is 5.69 Å². The third-order valence-electron chi connectivity index (χ3n) is 3.46. The van der Waals surface area contributed by atoms with Gasteiger partial charge in [-0.25, -0.2) is 4.79 Å². The van der Waals surface area contributed by atoms with Crippen LogP contribution in [0.2, 0.25) is 0 Å². The molecular weight excluding hydrogens is 368 g/mol. The Hall–Kier alpha value is -2.87. The molecule has 0 saturated heterocycles. The first-order chi connectivity index (χ1) is 12.9. The molecule has 0 spiro atoms. The Morgan fingerprint density at radius 1 is 1.15 bits per heavy atom. The summed E-state index contributed by atoms with van der Waals surface area (Å²) < 4.78 is 5.26. The summed E-state index contributed by atoms with van der Waals surface area (Å²) in [5.74, 6) is -0.550. The minimum atomic E-state index is -0.597. The fourth-order valence-corrected chi connectivity index (χ4v) is 3.15. The first-order valence-electron chi connectivity index (χ1n) is 8.29. The molecule has 142 valence electrons. The van der Waals surface area contributed by atoms with Crippen molar-refractivity contribution in [1.82, 2.24) is 5.32 Å². The highest BCUT2D eigenvalue weighted by molar-refractivity contribution is 8.00. The van der Waals surface area contributed by atoms with Crippen LogP contribution >= 0.6 is 11.8 Å². The summed E-state index contributed by atoms with van der Waals surface area (Å²) >= 11 is 1.23. The van der Waals surface area contributed by atoms with Crippen molar-refractivity contribution in [3.63, 3.8) is 0 Å². The van der Waals surface area contributed by atoms with E-state index >= 15 is 0 Å². The number of nitrogens with zero attached hydrogens (tertiary/aromatic N) is 1. The lowest BCUT2D eigenvalue weighted by Gasteiger charge is -2.11. The Labute approximate surface area is 161 Å². The van der Waals surface area contributed by atoms with Crippen LogP contribution in [0.3, 0.4) is 0 Å². The number of thioether (sulfide) groups is 1. The van der Waals surface area contributed by atoms with E-state index in [0.29, 0.717) is 16.0 Å². The summed E-state index contributed by atoms with van der Waals surface area (Å²) in [7, 11) is 0. The number of nitrogens with one attached hydrogen (secondary N) is 1. The van der Waals surface area contributed by atoms with Gasteiger partial charge < -0.3 is 10.1 Å². The van der Waals surface area contributed by atoms with Crippen LogP contribution in [0.15, 0.2) is 53.4 Å². The van der Waals surface area contributed by atoms with E-state index in [-0.39, 0.29) is 30.0 Å². The molecular formula is C19H20N2O5S. The number of esters is 1. The molecule has 0 radical (unpaired) electrons. The molecule has 1 N–H and O–H groups in total. The second-order valence-corrected chi connectivity index (χ2v) is 6.99. The summed E-state index contributed by atoms with van der Waals surface area (Å²) in [6.45, 7) is 3.54. The number of amides is 1. The topological polar surface area (TPSA) is 98.5 Å². The van der Waals surface area contributed by atoms with E-state index in [2.05, 4.69) is 5.32 Å². The number of para-hydroxylation sites is 1. The summed E-state index contributed by atoms with van der Waals surface area (Å²) in [4.78, 5) is 35.4. The van der Waals surface area contributed by atoms with E-state index in [4.69, 9.17) is 4.74 Å². The molecule has 0 aromatic heterocycles. The van der Waals surface area contributed by atoms with Crippen molar-refractivity contribution in [3.8, 4) is 0 Å². The van der Waals surface area contributed by atoms with Crippen LogP contribution in [-0.4, -0.2) is 28.6 Å². The van der Waals surface area contributed by atoms with Gasteiger partial charge in [0.2, 0.25) is 5.91 Å². The summed E-state index contributed by atoms with van der Waals surface area (Å²) in [6.07, 6.45) is 0. The van der Waals surface area contributed by atoms with Crippen molar-refractivity contribution < 1.29 is 19.2 Å². The van der Waals surface area contributed by atoms with Gasteiger partial charge in [-0.1, -0.05) is 24.3 Å². The number of nitro groups is 1. The second kappa shape index (κ2) is 9.72. The van der Waals surface area contributed by atoms with Crippen LogP contribution in [0.1, 0.15) is 29.8 Å². The number of nitro benzene ring substituents is 1. The Morgan fingerprint density at radius 3 is 2.52 bits per heavy atom. The molecule has 0 atom stereocenters. The molecule has 27 heavy (non-hydrogen) atoms. The molecule has 0 unspecified atom stereocenters. The van der Waals surface area contributed by atoms with Crippen LogP contribution in [0.5, 0.6) is 0 Å². The zero-order valence-electron chi connectivity index (χ0n) is 15.0. The van der Waals surface area contributed by atoms with Crippen LogP contribution in [0, 0.1) is 10.1 Å². The fourth-order valence-electron chi connectivity index (χ4n) is 2.30. The molecule has 0 aliphatic heterocycles. The van der Waals surface area contributed by atoms with Crippen molar-refractivity contribution in [2.45, 2.75) is 31.4 Å². The lowest BCUT2D eigenvalue weighted by atomic mass is 10.2. The Kier molecular flexibility index (Phi) is 7.36. The predicted molar refractivity (Wildman–Crippen MR) is 103 cm³/mol. The van der Waals surface area contributed by atoms with Crippen molar-refractivity contribution in [2.24, 2.45) is 0 Å². The standard InChI is InChI=1S/C19H20N2O5S/c1-13(2)20-18(22)12-27-17-10-6-4-8-15(17)19(23)26-11-14-7-3-5-9-16(14)21(24)25/h3-10,13H,11-12H2,1-2H3,(H,20,22). The molecule has 0 aliphatic rings. The number of carbonyl (C=O) groups is 2. The number of ether oxygens (including phenoxy) is 1. The molecule has 2 aromatic carbocycles. The van der Waals surface area contributed by atoms with Crippen molar-refractivity contribution in [2.75, 3.05) is 5.75 Å². The maximum absolute atomic E-state index is 12.4. The van der Waals surface area contributed by atoms with Gasteiger partial charge in [-0.15, -0.1) is 11.8 Å². The zero-order chi connectivity index (χ0) is 19.8. The summed E-state index contributed by atoms with van der Waals surface area (Å²) in [5, 5.41) is 13.8. The largest absolute Gasteiger partial charge is 0.457 e. The van der Waals surface area contributed by atoms with Crippen molar-refractivity contribution >= 4 is 29.3 Å². The van der Waals surface area contributed by atoms with E-state index in [9.17, 15) is 19.7 Å². The number of hydrogen-bond acceptors (Lipinski definition) is 6. The highest BCUT2D eigenvalue weighted by Gasteiger charge is 2.17. The smallest absolute Gasteiger partial charge is 0.339 e. The number of hydrogen-bond donors (Lipinski definition) is 1. The molecule has 0 bridgehead atoms. The van der Waals surface area contributed by atoms with E-state index < -0.39 is 10.9 Å². The van der Waals surface area contributed by atoms with Crippen LogP contribution in [0.4, 0.5) is 5.69 Å². The molecule has 8 heteroatoms. The minimum Gasteiger partial charge on any atom is -0.457 e. The molecule has 2 aromatic rings. The first-order valence-corrected chi connectivity index (χ1v) is 9.27. The van der Waals surface area contributed by atoms with Crippen molar-refractivity contribution in [3.05, 3.63) is 69.8 Å². The van der Waals surface area contributed by atoms with Gasteiger partial charge in [0.15, 0.2) is 0 Å². The lowest BCUT2D eigenvalue weighted by molar-refractivity contribution is -0.385. The number of benzene rings is 2. The van der Waals surface area contributed by atoms with E-state index in [1.54, 1.807) is 42.5 Å².